The van der Waals surface area contributed by atoms with Crippen molar-refractivity contribution in [2.75, 3.05) is 0 Å². The fourth-order valence-electron chi connectivity index (χ4n) is 0.0948. The van der Waals surface area contributed by atoms with Crippen LogP contribution in [0.15, 0.2) is 0 Å². The number of thiocarbonyl (C=S) groups is 2. The fraction of sp³-hybridized carbons (Fsp3) is 0. The zero-order chi connectivity index (χ0) is 5.54. The van der Waals surface area contributed by atoms with E-state index in [1.807, 2.05) is 0 Å². The van der Waals surface area contributed by atoms with Crippen molar-refractivity contribution in [1.29, 1.82) is 0 Å². The van der Waals surface area contributed by atoms with Gasteiger partial charge in [-0.3, -0.25) is 0 Å². The van der Waals surface area contributed by atoms with Gasteiger partial charge in [0.2, 0.25) is 0 Å². The lowest BCUT2D eigenvalue weighted by molar-refractivity contribution is 4.32. The van der Waals surface area contributed by atoms with Crippen molar-refractivity contribution in [3.63, 3.8) is 0 Å². The van der Waals surface area contributed by atoms with Crippen molar-refractivity contribution in [3.8, 4) is 0 Å². The highest BCUT2D eigenvalue weighted by atomic mass is 32.2. The standard InChI is InChI=1S/C2H3BS4/c4-1-6-3-7-2-5/h1-3H. The minimum Gasteiger partial charge on any atom is -0.162 e. The van der Waals surface area contributed by atoms with Crippen molar-refractivity contribution in [2.24, 2.45) is 0 Å². The zero-order valence-electron chi connectivity index (χ0n) is 3.49. The summed E-state index contributed by atoms with van der Waals surface area (Å²) in [6.07, 6.45) is 0. The minimum atomic E-state index is 0.951. The lowest BCUT2D eigenvalue weighted by Gasteiger charge is -1.79. The molecule has 0 aromatic rings. The third-order valence-electron chi connectivity index (χ3n) is 0.272. The second-order valence-electron chi connectivity index (χ2n) is 0.644. The van der Waals surface area contributed by atoms with Gasteiger partial charge in [-0.1, -0.05) is 24.4 Å². The van der Waals surface area contributed by atoms with Crippen LogP contribution in [0, 0.1) is 0 Å². The van der Waals surface area contributed by atoms with Gasteiger partial charge in [0.15, 0.2) is 0 Å². The largest absolute Gasteiger partial charge is 0.269 e. The molecule has 0 aromatic carbocycles. The highest BCUT2D eigenvalue weighted by Crippen LogP contribution is 2.01. The topological polar surface area (TPSA) is 0 Å². The van der Waals surface area contributed by atoms with Crippen LogP contribution in [0.1, 0.15) is 0 Å². The molecule has 0 radical (unpaired) electrons. The molecule has 0 unspecified atom stereocenters. The van der Waals surface area contributed by atoms with Gasteiger partial charge >= 0.3 is 0 Å². The molecule has 0 aromatic heterocycles. The van der Waals surface area contributed by atoms with Crippen LogP contribution in [-0.4, -0.2) is 15.2 Å². The molecular weight excluding hydrogens is 163 g/mol. The Kier molecular flexibility index (Phi) is 7.88. The molecule has 0 spiro atoms. The first kappa shape index (κ1) is 7.94. The highest BCUT2D eigenvalue weighted by Gasteiger charge is 1.81. The van der Waals surface area contributed by atoms with Gasteiger partial charge in [0, 0.05) is 9.40 Å². The molecule has 0 amide bonds. The highest BCUT2D eigenvalue weighted by molar-refractivity contribution is 8.61. The van der Waals surface area contributed by atoms with Crippen molar-refractivity contribution in [3.05, 3.63) is 0 Å². The van der Waals surface area contributed by atoms with Gasteiger partial charge in [0.1, 0.15) is 0 Å². The average Bonchev–Trinajstić information content (AvgIpc) is 1.69. The van der Waals surface area contributed by atoms with Gasteiger partial charge in [-0.15, -0.1) is 0 Å². The molecule has 0 saturated heterocycles. The maximum atomic E-state index is 4.54. The van der Waals surface area contributed by atoms with E-state index in [4.69, 9.17) is 0 Å². The van der Waals surface area contributed by atoms with Crippen LogP contribution >= 0.6 is 47.7 Å². The molecule has 0 atom stereocenters. The average molecular weight is 166 g/mol. The summed E-state index contributed by atoms with van der Waals surface area (Å²) in [7, 11) is 0. The molecule has 7 heavy (non-hydrogen) atoms. The van der Waals surface area contributed by atoms with E-state index in [1.165, 1.54) is 0 Å². The Bertz CT molecular complexity index is 54.7. The molecule has 0 N–H and O–H groups in total. The van der Waals surface area contributed by atoms with Gasteiger partial charge < -0.3 is 0 Å². The smallest absolute Gasteiger partial charge is 0.162 e. The summed E-state index contributed by atoms with van der Waals surface area (Å²) < 4.78 is 3.29. The number of hydrogen-bond donors (Lipinski definition) is 0. The Balaban J connectivity index is 2.68. The summed E-state index contributed by atoms with van der Waals surface area (Å²) in [5, 5.41) is 0. The van der Waals surface area contributed by atoms with Crippen LogP contribution < -0.4 is 0 Å². The Hall–Kier alpha value is 0.945. The maximum Gasteiger partial charge on any atom is 0.269 e. The summed E-state index contributed by atoms with van der Waals surface area (Å²) in [5.74, 6) is 0.951. The molecule has 5 heteroatoms. The van der Waals surface area contributed by atoms with E-state index in [-0.39, 0.29) is 0 Å². The predicted octanol–water partition coefficient (Wildman–Crippen LogP) is 1.63. The van der Waals surface area contributed by atoms with Crippen LogP contribution in [0.5, 0.6) is 0 Å². The minimum absolute atomic E-state index is 0.951. The monoisotopic (exact) mass is 166 g/mol. The molecule has 0 fully saturated rings. The Labute approximate surface area is 62.9 Å². The van der Waals surface area contributed by atoms with Gasteiger partial charge in [0.25, 0.3) is 5.84 Å². The van der Waals surface area contributed by atoms with E-state index < -0.39 is 0 Å². The van der Waals surface area contributed by atoms with Crippen LogP contribution in [0.4, 0.5) is 0 Å². The van der Waals surface area contributed by atoms with Crippen molar-refractivity contribution >= 4 is 62.9 Å². The first-order chi connectivity index (χ1) is 3.41. The first-order valence-electron chi connectivity index (χ1n) is 1.52. The molecule has 0 nitrogen and oxygen atoms in total. The second kappa shape index (κ2) is 6.94. The zero-order valence-corrected chi connectivity index (χ0v) is 6.76. The van der Waals surface area contributed by atoms with E-state index >= 15 is 0 Å². The van der Waals surface area contributed by atoms with Crippen LogP contribution in [0.2, 0.25) is 0 Å². The molecule has 0 aliphatic rings. The number of hydrogen-bond acceptors (Lipinski definition) is 4. The summed E-state index contributed by atoms with van der Waals surface area (Å²) in [4.78, 5) is 0. The first-order valence-corrected chi connectivity index (χ1v) is 4.56. The molecule has 0 rings (SSSR count). The van der Waals surface area contributed by atoms with Gasteiger partial charge in [-0.2, -0.15) is 23.2 Å². The van der Waals surface area contributed by atoms with E-state index in [9.17, 15) is 0 Å². The molecular formula is C2H3BS4. The third kappa shape index (κ3) is 6.94. The summed E-state index contributed by atoms with van der Waals surface area (Å²) in [5.41, 5.74) is 0. The quantitative estimate of drug-likeness (QED) is 0.353. The molecule has 0 heterocycles. The van der Waals surface area contributed by atoms with Crippen molar-refractivity contribution in [1.82, 2.24) is 0 Å². The van der Waals surface area contributed by atoms with E-state index in [1.54, 1.807) is 32.6 Å². The van der Waals surface area contributed by atoms with Crippen LogP contribution in [0.3, 0.4) is 0 Å². The summed E-state index contributed by atoms with van der Waals surface area (Å²) in [6, 6.07) is 0. The Morgan fingerprint density at radius 1 is 1.14 bits per heavy atom. The van der Waals surface area contributed by atoms with E-state index in [0.29, 0.717) is 0 Å². The van der Waals surface area contributed by atoms with E-state index in [0.717, 1.165) is 5.84 Å². The number of rotatable bonds is 4. The van der Waals surface area contributed by atoms with Gasteiger partial charge in [-0.25, -0.2) is 0 Å². The Morgan fingerprint density at radius 2 is 1.57 bits per heavy atom. The van der Waals surface area contributed by atoms with Crippen LogP contribution in [-0.2, 0) is 0 Å². The molecule has 38 valence electrons. The summed E-state index contributed by atoms with van der Waals surface area (Å²) >= 11 is 12.3. The Morgan fingerprint density at radius 3 is 1.86 bits per heavy atom. The van der Waals surface area contributed by atoms with Gasteiger partial charge in [-0.05, 0) is 0 Å². The molecule has 0 bridgehead atoms. The normalized spacial score (nSPS) is 7.43. The fourth-order valence-corrected chi connectivity index (χ4v) is 1.85. The SMILES string of the molecule is S=CSBSC=S. The van der Waals surface area contributed by atoms with E-state index in [2.05, 4.69) is 24.4 Å². The third-order valence-corrected chi connectivity index (χ3v) is 2.45. The predicted molar refractivity (Wildman–Crippen MR) is 49.6 cm³/mol. The van der Waals surface area contributed by atoms with Crippen LogP contribution in [0.25, 0.3) is 0 Å². The molecule has 0 saturated carbocycles. The second-order valence-corrected chi connectivity index (χ2v) is 3.79. The molecule has 0 aliphatic carbocycles. The lowest BCUT2D eigenvalue weighted by atomic mass is 10.7. The van der Waals surface area contributed by atoms with Crippen molar-refractivity contribution in [2.45, 2.75) is 0 Å². The maximum absolute atomic E-state index is 4.54. The lowest BCUT2D eigenvalue weighted by Crippen LogP contribution is -1.70. The van der Waals surface area contributed by atoms with Crippen molar-refractivity contribution < 1.29 is 0 Å². The van der Waals surface area contributed by atoms with Gasteiger partial charge in [0.05, 0.1) is 0 Å². The molecule has 0 aliphatic heterocycles. The summed E-state index contributed by atoms with van der Waals surface area (Å²) in [6.45, 7) is 0.